The van der Waals surface area contributed by atoms with Gasteiger partial charge in [0.2, 0.25) is 15.0 Å². The molecule has 2 aliphatic rings. The minimum atomic E-state index is -3.85. The second-order valence-corrected chi connectivity index (χ2v) is 10.6. The van der Waals surface area contributed by atoms with Gasteiger partial charge in [-0.1, -0.05) is 0 Å². The van der Waals surface area contributed by atoms with Crippen molar-refractivity contribution in [2.24, 2.45) is 0 Å². The topological polar surface area (TPSA) is 84.0 Å². The molecule has 7 nitrogen and oxygen atoms in total. The van der Waals surface area contributed by atoms with E-state index in [0.717, 1.165) is 0 Å². The van der Waals surface area contributed by atoms with Crippen molar-refractivity contribution in [3.63, 3.8) is 0 Å². The van der Waals surface area contributed by atoms with Crippen molar-refractivity contribution in [3.8, 4) is 0 Å². The Morgan fingerprint density at radius 3 is 2.36 bits per heavy atom. The summed E-state index contributed by atoms with van der Waals surface area (Å²) in [4.78, 5) is 26.6. The first-order chi connectivity index (χ1) is 11.3. The average molecular weight is 399 g/mol. The first-order valence-electron chi connectivity index (χ1n) is 8.17. The van der Waals surface area contributed by atoms with Crippen LogP contribution in [0.3, 0.4) is 0 Å². The van der Waals surface area contributed by atoms with Crippen LogP contribution in [0.1, 0.15) is 40.0 Å². The van der Waals surface area contributed by atoms with Gasteiger partial charge in [-0.2, -0.15) is 0 Å². The summed E-state index contributed by atoms with van der Waals surface area (Å²) in [7, 11) is 1.45. The Balaban J connectivity index is 1.91. The normalized spacial score (nSPS) is 24.5. The lowest BCUT2D eigenvalue weighted by molar-refractivity contribution is -0.130. The van der Waals surface area contributed by atoms with Gasteiger partial charge in [0.1, 0.15) is 16.5 Å². The number of ether oxygens (including phenoxy) is 1. The van der Waals surface area contributed by atoms with Crippen molar-refractivity contribution in [1.29, 1.82) is 0 Å². The molecule has 0 aliphatic carbocycles. The SMILES string of the molecule is CC(C)(C)OC(=O)N1CCC(F)(CN2CC(S(=O)(=O)Cl)CC2=O)CC1. The van der Waals surface area contributed by atoms with E-state index in [4.69, 9.17) is 15.4 Å². The van der Waals surface area contributed by atoms with Gasteiger partial charge >= 0.3 is 6.09 Å². The molecule has 0 aromatic heterocycles. The van der Waals surface area contributed by atoms with Gasteiger partial charge in [0.15, 0.2) is 0 Å². The van der Waals surface area contributed by atoms with Gasteiger partial charge in [0.25, 0.3) is 0 Å². The summed E-state index contributed by atoms with van der Waals surface area (Å²) in [6.07, 6.45) is -0.575. The Morgan fingerprint density at radius 1 is 1.36 bits per heavy atom. The maximum atomic E-state index is 15.0. The van der Waals surface area contributed by atoms with Crippen molar-refractivity contribution in [1.82, 2.24) is 9.80 Å². The molecule has 0 spiro atoms. The fourth-order valence-corrected chi connectivity index (χ4v) is 4.05. The number of hydrogen-bond donors (Lipinski definition) is 0. The highest BCUT2D eigenvalue weighted by Crippen LogP contribution is 2.31. The largest absolute Gasteiger partial charge is 0.444 e. The summed E-state index contributed by atoms with van der Waals surface area (Å²) in [5.74, 6) is -0.416. The zero-order chi connectivity index (χ0) is 19.0. The number of piperidine rings is 1. The molecule has 1 unspecified atom stereocenters. The van der Waals surface area contributed by atoms with Crippen molar-refractivity contribution < 1.29 is 27.1 Å². The highest BCUT2D eigenvalue weighted by atomic mass is 35.7. The van der Waals surface area contributed by atoms with Crippen molar-refractivity contribution in [2.45, 2.75) is 56.6 Å². The highest BCUT2D eigenvalue weighted by molar-refractivity contribution is 8.14. The molecule has 2 rings (SSSR count). The van der Waals surface area contributed by atoms with Gasteiger partial charge in [-0.15, -0.1) is 0 Å². The van der Waals surface area contributed by atoms with E-state index in [9.17, 15) is 18.0 Å². The van der Waals surface area contributed by atoms with Crippen LogP contribution in [0.15, 0.2) is 0 Å². The Kier molecular flexibility index (Phi) is 5.59. The van der Waals surface area contributed by atoms with Crippen LogP contribution >= 0.6 is 10.7 Å². The summed E-state index contributed by atoms with van der Waals surface area (Å²) in [6, 6.07) is 0. The number of rotatable bonds is 3. The molecule has 1 atom stereocenters. The van der Waals surface area contributed by atoms with E-state index >= 15 is 4.39 Å². The molecule has 10 heteroatoms. The summed E-state index contributed by atoms with van der Waals surface area (Å²) < 4.78 is 43.0. The third-order valence-corrected chi connectivity index (χ3v) is 6.23. The Hall–Kier alpha value is -1.09. The Labute approximate surface area is 151 Å². The van der Waals surface area contributed by atoms with Crippen LogP contribution in [0.5, 0.6) is 0 Å². The number of amides is 2. The van der Waals surface area contributed by atoms with Gasteiger partial charge in [0, 0.05) is 49.6 Å². The van der Waals surface area contributed by atoms with Gasteiger partial charge in [-0.05, 0) is 20.8 Å². The van der Waals surface area contributed by atoms with Crippen molar-refractivity contribution >= 4 is 31.7 Å². The zero-order valence-corrected chi connectivity index (χ0v) is 16.2. The monoisotopic (exact) mass is 398 g/mol. The second-order valence-electron chi connectivity index (χ2n) is 7.69. The first-order valence-corrected chi connectivity index (χ1v) is 10.5. The van der Waals surface area contributed by atoms with E-state index < -0.39 is 37.6 Å². The molecule has 0 radical (unpaired) electrons. The van der Waals surface area contributed by atoms with E-state index in [-0.39, 0.29) is 45.4 Å². The first kappa shape index (κ1) is 20.2. The van der Waals surface area contributed by atoms with Crippen molar-refractivity contribution in [3.05, 3.63) is 0 Å². The lowest BCUT2D eigenvalue weighted by atomic mass is 9.93. The molecule has 0 saturated carbocycles. The van der Waals surface area contributed by atoms with Crippen LogP contribution in [0, 0.1) is 0 Å². The number of nitrogens with zero attached hydrogens (tertiary/aromatic N) is 2. The quantitative estimate of drug-likeness (QED) is 0.678. The van der Waals surface area contributed by atoms with E-state index in [1.807, 2.05) is 0 Å². The molecule has 2 heterocycles. The average Bonchev–Trinajstić information content (AvgIpc) is 2.78. The number of hydrogen-bond acceptors (Lipinski definition) is 5. The molecule has 25 heavy (non-hydrogen) atoms. The number of alkyl halides is 1. The maximum Gasteiger partial charge on any atom is 0.410 e. The van der Waals surface area contributed by atoms with Gasteiger partial charge < -0.3 is 14.5 Å². The molecule has 144 valence electrons. The summed E-state index contributed by atoms with van der Waals surface area (Å²) >= 11 is 0. The zero-order valence-electron chi connectivity index (χ0n) is 14.6. The smallest absolute Gasteiger partial charge is 0.410 e. The molecule has 0 aromatic rings. The molecule has 2 aliphatic heterocycles. The summed E-state index contributed by atoms with van der Waals surface area (Å²) in [6.45, 7) is 5.37. The highest BCUT2D eigenvalue weighted by Gasteiger charge is 2.44. The second kappa shape index (κ2) is 6.90. The summed E-state index contributed by atoms with van der Waals surface area (Å²) in [5, 5.41) is -0.993. The number of carbonyl (C=O) groups is 2. The molecule has 0 aromatic carbocycles. The standard InChI is InChI=1S/C15H24ClFN2O5S/c1-14(2,3)24-13(21)18-6-4-15(17,5-7-18)10-19-9-11(8-12(19)20)25(16,22)23/h11H,4-10H2,1-3H3. The van der Waals surface area contributed by atoms with Gasteiger partial charge in [-0.3, -0.25) is 4.79 Å². The van der Waals surface area contributed by atoms with E-state index in [1.54, 1.807) is 20.8 Å². The van der Waals surface area contributed by atoms with E-state index in [0.29, 0.717) is 0 Å². The van der Waals surface area contributed by atoms with Crippen LogP contribution < -0.4 is 0 Å². The van der Waals surface area contributed by atoms with Crippen molar-refractivity contribution in [2.75, 3.05) is 26.2 Å². The summed E-state index contributed by atoms with van der Waals surface area (Å²) in [5.41, 5.74) is -2.27. The lowest BCUT2D eigenvalue weighted by Gasteiger charge is -2.38. The van der Waals surface area contributed by atoms with Gasteiger partial charge in [-0.25, -0.2) is 17.6 Å². The fraction of sp³-hybridized carbons (Fsp3) is 0.867. The number of likely N-dealkylation sites (tertiary alicyclic amines) is 2. The number of carbonyl (C=O) groups excluding carboxylic acids is 2. The molecular weight excluding hydrogens is 375 g/mol. The predicted octanol–water partition coefficient (Wildman–Crippen LogP) is 1.90. The molecule has 2 fully saturated rings. The van der Waals surface area contributed by atoms with Crippen LogP contribution in [0.4, 0.5) is 9.18 Å². The van der Waals surface area contributed by atoms with Gasteiger partial charge in [0.05, 0.1) is 6.54 Å². The maximum absolute atomic E-state index is 15.0. The van der Waals surface area contributed by atoms with Crippen LogP contribution in [-0.4, -0.2) is 72.9 Å². The van der Waals surface area contributed by atoms with E-state index in [1.165, 1.54) is 9.80 Å². The Bertz CT molecular complexity index is 641. The predicted molar refractivity (Wildman–Crippen MR) is 90.6 cm³/mol. The molecule has 0 bridgehead atoms. The molecule has 0 N–H and O–H groups in total. The molecule has 2 amide bonds. The van der Waals surface area contributed by atoms with Crippen LogP contribution in [0.2, 0.25) is 0 Å². The minimum Gasteiger partial charge on any atom is -0.444 e. The minimum absolute atomic E-state index is 0.0638. The van der Waals surface area contributed by atoms with E-state index in [2.05, 4.69) is 0 Å². The Morgan fingerprint density at radius 2 is 1.92 bits per heavy atom. The third-order valence-electron chi connectivity index (χ3n) is 4.36. The fourth-order valence-electron chi connectivity index (χ4n) is 2.99. The lowest BCUT2D eigenvalue weighted by Crippen LogP contribution is -2.51. The third kappa shape index (κ3) is 5.44. The van der Waals surface area contributed by atoms with Crippen LogP contribution in [-0.2, 0) is 18.6 Å². The van der Waals surface area contributed by atoms with Crippen LogP contribution in [0.25, 0.3) is 0 Å². The molecular formula is C15H24ClFN2O5S. The number of halogens is 2. The molecule has 2 saturated heterocycles.